The summed E-state index contributed by atoms with van der Waals surface area (Å²) in [6, 6.07) is 10.2. The first-order chi connectivity index (χ1) is 16.4. The van der Waals surface area contributed by atoms with Crippen molar-refractivity contribution in [2.45, 2.75) is 4.90 Å². The van der Waals surface area contributed by atoms with Gasteiger partial charge in [0.05, 0.1) is 20.5 Å². The lowest BCUT2D eigenvalue weighted by Gasteiger charge is -2.11. The van der Waals surface area contributed by atoms with Gasteiger partial charge in [-0.1, -0.05) is 23.2 Å². The number of hydrogen-bond acceptors (Lipinski definition) is 7. The summed E-state index contributed by atoms with van der Waals surface area (Å²) in [5.41, 5.74) is -1.04. The molecule has 184 valence electrons. The molecular weight excluding hydrogens is 523 g/mol. The normalized spacial score (nSPS) is 11.1. The van der Waals surface area contributed by atoms with Crippen LogP contribution in [0.4, 0.5) is 11.5 Å². The van der Waals surface area contributed by atoms with E-state index in [1.807, 2.05) is 0 Å². The highest BCUT2D eigenvalue weighted by molar-refractivity contribution is 7.92. The molecule has 2 N–H and O–H groups in total. The van der Waals surface area contributed by atoms with E-state index in [4.69, 9.17) is 27.9 Å². The molecule has 0 aliphatic carbocycles. The summed E-state index contributed by atoms with van der Waals surface area (Å²) < 4.78 is 34.2. The maximum absolute atomic E-state index is 12.5. The van der Waals surface area contributed by atoms with Gasteiger partial charge in [-0.15, -0.1) is 0 Å². The summed E-state index contributed by atoms with van der Waals surface area (Å²) >= 11 is 11.7. The minimum absolute atomic E-state index is 0.0521. The molecular formula is C21H18Cl2N4O7S. The number of carbonyl (C=O) groups is 2. The van der Waals surface area contributed by atoms with Gasteiger partial charge in [0.2, 0.25) is 0 Å². The number of ether oxygens (including phenoxy) is 1. The van der Waals surface area contributed by atoms with Crippen LogP contribution in [-0.4, -0.2) is 36.0 Å². The lowest BCUT2D eigenvalue weighted by atomic mass is 10.2. The van der Waals surface area contributed by atoms with Gasteiger partial charge in [-0.2, -0.15) is 0 Å². The van der Waals surface area contributed by atoms with Gasteiger partial charge in [0, 0.05) is 25.8 Å². The van der Waals surface area contributed by atoms with Crippen molar-refractivity contribution in [2.75, 3.05) is 16.6 Å². The summed E-state index contributed by atoms with van der Waals surface area (Å²) in [5.74, 6) is -1.68. The summed E-state index contributed by atoms with van der Waals surface area (Å²) in [7, 11) is -1.30. The molecule has 3 rings (SSSR count). The summed E-state index contributed by atoms with van der Waals surface area (Å²) in [6.07, 6.45) is 0. The van der Waals surface area contributed by atoms with Gasteiger partial charge >= 0.3 is 11.7 Å². The zero-order chi connectivity index (χ0) is 25.9. The van der Waals surface area contributed by atoms with Gasteiger partial charge in [0.25, 0.3) is 21.5 Å². The Morgan fingerprint density at radius 3 is 2.23 bits per heavy atom. The van der Waals surface area contributed by atoms with Crippen molar-refractivity contribution in [3.63, 3.8) is 0 Å². The maximum atomic E-state index is 12.5. The molecule has 1 heterocycles. The van der Waals surface area contributed by atoms with E-state index in [-0.39, 0.29) is 32.0 Å². The topological polar surface area (TPSA) is 146 Å². The molecule has 0 unspecified atom stereocenters. The van der Waals surface area contributed by atoms with E-state index in [9.17, 15) is 27.6 Å². The second-order valence-electron chi connectivity index (χ2n) is 7.15. The van der Waals surface area contributed by atoms with Crippen molar-refractivity contribution in [3.8, 4) is 0 Å². The van der Waals surface area contributed by atoms with Crippen LogP contribution in [0.15, 0.2) is 63.0 Å². The monoisotopic (exact) mass is 540 g/mol. The Morgan fingerprint density at radius 2 is 1.60 bits per heavy atom. The average molecular weight is 541 g/mol. The zero-order valence-electron chi connectivity index (χ0n) is 18.2. The quantitative estimate of drug-likeness (QED) is 0.435. The fraction of sp³-hybridized carbons (Fsp3) is 0.143. The molecule has 0 aliphatic heterocycles. The molecule has 35 heavy (non-hydrogen) atoms. The number of anilines is 2. The molecule has 0 bridgehead atoms. The number of nitrogens with zero attached hydrogens (tertiary/aromatic N) is 2. The largest absolute Gasteiger partial charge is 0.452 e. The standard InChI is InChI=1S/C21H18Cl2N4O7S/c1-26-17(10-19(29)27(2)21(26)31)24-18(28)11-34-20(30)12-3-5-13(6-4-12)25-35(32,33)14-7-8-15(22)16(23)9-14/h3-10,25H,11H2,1-2H3,(H,24,28). The maximum Gasteiger partial charge on any atom is 0.338 e. The molecule has 0 saturated carbocycles. The highest BCUT2D eigenvalue weighted by Crippen LogP contribution is 2.26. The van der Waals surface area contributed by atoms with Crippen molar-refractivity contribution < 1.29 is 22.7 Å². The van der Waals surface area contributed by atoms with Crippen LogP contribution < -0.4 is 21.3 Å². The number of nitrogens with one attached hydrogen (secondary N) is 2. The highest BCUT2D eigenvalue weighted by Gasteiger charge is 2.17. The molecule has 0 aliphatic rings. The van der Waals surface area contributed by atoms with E-state index < -0.39 is 39.8 Å². The molecule has 0 atom stereocenters. The van der Waals surface area contributed by atoms with Crippen LogP contribution in [0.5, 0.6) is 0 Å². The van der Waals surface area contributed by atoms with Crippen molar-refractivity contribution >= 4 is 56.6 Å². The lowest BCUT2D eigenvalue weighted by molar-refractivity contribution is -0.119. The van der Waals surface area contributed by atoms with E-state index in [0.29, 0.717) is 0 Å². The molecule has 0 fully saturated rings. The van der Waals surface area contributed by atoms with E-state index in [0.717, 1.165) is 15.2 Å². The number of aromatic nitrogens is 2. The van der Waals surface area contributed by atoms with Crippen LogP contribution in [0.1, 0.15) is 10.4 Å². The van der Waals surface area contributed by atoms with Crippen LogP contribution in [0.25, 0.3) is 0 Å². The van der Waals surface area contributed by atoms with E-state index >= 15 is 0 Å². The Morgan fingerprint density at radius 1 is 0.943 bits per heavy atom. The van der Waals surface area contributed by atoms with Crippen molar-refractivity contribution in [1.29, 1.82) is 0 Å². The molecule has 2 aromatic carbocycles. The first kappa shape index (κ1) is 26.0. The third-order valence-electron chi connectivity index (χ3n) is 4.70. The number of hydrogen-bond donors (Lipinski definition) is 2. The number of esters is 1. The summed E-state index contributed by atoms with van der Waals surface area (Å²) in [4.78, 5) is 47.9. The van der Waals surface area contributed by atoms with Gasteiger partial charge in [0.15, 0.2) is 6.61 Å². The van der Waals surface area contributed by atoms with Crippen LogP contribution in [0.3, 0.4) is 0 Å². The summed E-state index contributed by atoms with van der Waals surface area (Å²) in [6.45, 7) is -0.687. The third-order valence-corrected chi connectivity index (χ3v) is 6.82. The Hall–Kier alpha value is -3.61. The Kier molecular flexibility index (Phi) is 7.68. The number of carbonyl (C=O) groups excluding carboxylic acids is 2. The molecule has 14 heteroatoms. The molecule has 0 radical (unpaired) electrons. The SMILES string of the molecule is Cn1c(NC(=O)COC(=O)c2ccc(NS(=O)(=O)c3ccc(Cl)c(Cl)c3)cc2)cc(=O)n(C)c1=O. The molecule has 0 saturated heterocycles. The van der Waals surface area contributed by atoms with Gasteiger partial charge in [-0.3, -0.25) is 23.4 Å². The van der Waals surface area contributed by atoms with Crippen molar-refractivity contribution in [2.24, 2.45) is 14.1 Å². The number of benzene rings is 2. The van der Waals surface area contributed by atoms with Crippen LogP contribution in [0, 0.1) is 0 Å². The van der Waals surface area contributed by atoms with Crippen LogP contribution >= 0.6 is 23.2 Å². The van der Waals surface area contributed by atoms with Crippen molar-refractivity contribution in [3.05, 3.63) is 85.0 Å². The predicted octanol–water partition coefficient (Wildman–Crippen LogP) is 1.99. The van der Waals surface area contributed by atoms with Crippen LogP contribution in [-0.2, 0) is 33.7 Å². The fourth-order valence-electron chi connectivity index (χ4n) is 2.78. The predicted molar refractivity (Wildman–Crippen MR) is 130 cm³/mol. The number of rotatable bonds is 7. The van der Waals surface area contributed by atoms with E-state index in [1.165, 1.54) is 56.6 Å². The van der Waals surface area contributed by atoms with Gasteiger partial charge in [-0.05, 0) is 42.5 Å². The molecule has 3 aromatic rings. The lowest BCUT2D eigenvalue weighted by Crippen LogP contribution is -2.38. The first-order valence-electron chi connectivity index (χ1n) is 9.71. The number of sulfonamides is 1. The minimum Gasteiger partial charge on any atom is -0.452 e. The second-order valence-corrected chi connectivity index (χ2v) is 9.65. The van der Waals surface area contributed by atoms with Crippen molar-refractivity contribution in [1.82, 2.24) is 9.13 Å². The Labute approximate surface area is 208 Å². The molecule has 1 amide bonds. The second kappa shape index (κ2) is 10.3. The first-order valence-corrected chi connectivity index (χ1v) is 11.9. The van der Waals surface area contributed by atoms with Gasteiger partial charge in [-0.25, -0.2) is 18.0 Å². The fourth-order valence-corrected chi connectivity index (χ4v) is 4.23. The molecule has 1 aromatic heterocycles. The van der Waals surface area contributed by atoms with Gasteiger partial charge in [0.1, 0.15) is 5.82 Å². The van der Waals surface area contributed by atoms with Crippen LogP contribution in [0.2, 0.25) is 10.0 Å². The van der Waals surface area contributed by atoms with E-state index in [2.05, 4.69) is 10.0 Å². The van der Waals surface area contributed by atoms with Gasteiger partial charge < -0.3 is 10.1 Å². The van der Waals surface area contributed by atoms with E-state index in [1.54, 1.807) is 0 Å². The summed E-state index contributed by atoms with van der Waals surface area (Å²) in [5, 5.41) is 2.61. The smallest absolute Gasteiger partial charge is 0.338 e. The average Bonchev–Trinajstić information content (AvgIpc) is 2.81. The minimum atomic E-state index is -3.96. The number of amides is 1. The Balaban J connectivity index is 1.61. The number of halogens is 2. The third kappa shape index (κ3) is 6.10. The Bertz CT molecular complexity index is 1530. The molecule has 0 spiro atoms. The highest BCUT2D eigenvalue weighted by atomic mass is 35.5. The zero-order valence-corrected chi connectivity index (χ0v) is 20.6. The molecule has 11 nitrogen and oxygen atoms in total.